The summed E-state index contributed by atoms with van der Waals surface area (Å²) in [5.74, 6) is -1.86. The minimum atomic E-state index is -2.48. The van der Waals surface area contributed by atoms with Gasteiger partial charge in [0.2, 0.25) is 0 Å². The van der Waals surface area contributed by atoms with Crippen LogP contribution in [0, 0.1) is 34.0 Å². The van der Waals surface area contributed by atoms with Crippen molar-refractivity contribution in [1.82, 2.24) is 0 Å². The summed E-state index contributed by atoms with van der Waals surface area (Å²) in [5, 5.41) is 35.9. The Morgan fingerprint density at radius 2 is 1.60 bits per heavy atom. The molecule has 15 heavy (non-hydrogen) atoms. The zero-order valence-electron chi connectivity index (χ0n) is 7.55. The van der Waals surface area contributed by atoms with Crippen LogP contribution in [0.5, 0.6) is 0 Å². The van der Waals surface area contributed by atoms with Crippen LogP contribution in [-0.4, -0.2) is 23.1 Å². The van der Waals surface area contributed by atoms with Crippen LogP contribution in [0.4, 0.5) is 0 Å². The summed E-state index contributed by atoms with van der Waals surface area (Å²) in [5.41, 5.74) is -3.42. The first-order chi connectivity index (χ1) is 6.59. The molecule has 1 aliphatic rings. The van der Waals surface area contributed by atoms with E-state index in [4.69, 9.17) is 15.8 Å². The van der Waals surface area contributed by atoms with Crippen molar-refractivity contribution in [3.05, 3.63) is 0 Å². The second-order valence-corrected chi connectivity index (χ2v) is 2.22. The van der Waals surface area contributed by atoms with E-state index in [0.29, 0.717) is 0 Å². The molecule has 1 rings (SSSR count). The molecule has 1 heterocycles. The van der Waals surface area contributed by atoms with Crippen molar-refractivity contribution < 1.29 is 28.8 Å². The summed E-state index contributed by atoms with van der Waals surface area (Å²) < 4.78 is 0. The number of carbonyl (C=O) groups excluding carboxylic acids is 1. The molecular weight excluding hydrogens is 193 g/mol. The van der Waals surface area contributed by atoms with Gasteiger partial charge in [-0.25, -0.2) is 9.98 Å². The van der Waals surface area contributed by atoms with E-state index in [1.807, 2.05) is 0 Å². The van der Waals surface area contributed by atoms with Gasteiger partial charge in [-0.1, -0.05) is 0 Å². The van der Waals surface area contributed by atoms with E-state index >= 15 is 0 Å². The number of aliphatic carboxylic acids is 1. The largest absolute Gasteiger partial charge is 1.00 e. The van der Waals surface area contributed by atoms with Crippen LogP contribution < -0.4 is 24.0 Å². The van der Waals surface area contributed by atoms with E-state index in [1.54, 1.807) is 0 Å². The van der Waals surface area contributed by atoms with Crippen molar-refractivity contribution in [2.45, 2.75) is 5.66 Å². The zero-order valence-corrected chi connectivity index (χ0v) is 7.55. The van der Waals surface area contributed by atoms with Crippen LogP contribution in [0.2, 0.25) is 0 Å². The fraction of sp³-hybridized carbons (Fsp3) is 0.143. The van der Waals surface area contributed by atoms with Gasteiger partial charge in [0.15, 0.2) is 11.4 Å². The molecule has 7 nitrogen and oxygen atoms in total. The number of carbonyl (C=O) groups is 1. The maximum absolute atomic E-state index is 10.5. The predicted octanol–water partition coefficient (Wildman–Crippen LogP) is -5.10. The number of aliphatic imine (C=N–C) groups is 2. The molecule has 66 valence electrons. The van der Waals surface area contributed by atoms with Gasteiger partial charge in [-0.15, -0.1) is 0 Å². The third kappa shape index (κ3) is 1.87. The van der Waals surface area contributed by atoms with Gasteiger partial charge >= 0.3 is 18.9 Å². The van der Waals surface area contributed by atoms with E-state index < -0.39 is 23.1 Å². The number of rotatable bonds is 1. The molecule has 0 aliphatic carbocycles. The molecule has 0 saturated heterocycles. The summed E-state index contributed by atoms with van der Waals surface area (Å²) in [6.07, 6.45) is 0. The fourth-order valence-corrected chi connectivity index (χ4v) is 0.797. The third-order valence-electron chi connectivity index (χ3n) is 1.42. The van der Waals surface area contributed by atoms with Crippen molar-refractivity contribution in [3.8, 4) is 18.2 Å². The molecule has 1 aliphatic heterocycles. The molecule has 0 amide bonds. The second kappa shape index (κ2) is 4.40. The summed E-state index contributed by atoms with van der Waals surface area (Å²) in [6.45, 7) is 0. The molecule has 8 heteroatoms. The number of nitrogens with zero attached hydrogens (tertiary/aromatic N) is 5. The van der Waals surface area contributed by atoms with E-state index in [-0.39, 0.29) is 18.9 Å². The number of carboxylic acids is 1. The van der Waals surface area contributed by atoms with Gasteiger partial charge in [-0.05, 0) is 0 Å². The van der Waals surface area contributed by atoms with Crippen LogP contribution >= 0.6 is 0 Å². The molecule has 0 aromatic rings. The van der Waals surface area contributed by atoms with Crippen molar-refractivity contribution >= 4 is 17.4 Å². The van der Waals surface area contributed by atoms with E-state index in [9.17, 15) is 9.90 Å². The Labute approximate surface area is 96.1 Å². The first kappa shape index (κ1) is 12.9. The molecular formula is C7LiN5O2. The minimum absolute atomic E-state index is 0. The maximum Gasteiger partial charge on any atom is 1.00 e. The van der Waals surface area contributed by atoms with Gasteiger partial charge in [0.1, 0.15) is 24.2 Å². The van der Waals surface area contributed by atoms with Gasteiger partial charge in [0.25, 0.3) is 5.66 Å². The van der Waals surface area contributed by atoms with Crippen molar-refractivity contribution in [3.63, 3.8) is 0 Å². The molecule has 0 aromatic heterocycles. The minimum Gasteiger partial charge on any atom is -0.544 e. The van der Waals surface area contributed by atoms with Crippen LogP contribution in [0.15, 0.2) is 9.98 Å². The molecule has 0 fully saturated rings. The van der Waals surface area contributed by atoms with Crippen LogP contribution in [0.3, 0.4) is 0 Å². The van der Waals surface area contributed by atoms with Crippen LogP contribution in [0.25, 0.3) is 0 Å². The van der Waals surface area contributed by atoms with E-state index in [0.717, 1.165) is 0 Å². The number of nitriles is 3. The van der Waals surface area contributed by atoms with E-state index in [2.05, 4.69) is 9.98 Å². The molecule has 0 atom stereocenters. The van der Waals surface area contributed by atoms with Crippen LogP contribution in [-0.2, 0) is 4.79 Å². The van der Waals surface area contributed by atoms with Crippen molar-refractivity contribution in [1.29, 1.82) is 15.8 Å². The summed E-state index contributed by atoms with van der Waals surface area (Å²) in [4.78, 5) is 16.9. The Hall–Kier alpha value is -2.12. The Morgan fingerprint density at radius 1 is 1.20 bits per heavy atom. The first-order valence-corrected chi connectivity index (χ1v) is 3.22. The fourth-order valence-electron chi connectivity index (χ4n) is 0.797. The third-order valence-corrected chi connectivity index (χ3v) is 1.42. The molecule has 0 bridgehead atoms. The Kier molecular flexibility index (Phi) is 3.77. The zero-order chi connectivity index (χ0) is 10.8. The summed E-state index contributed by atoms with van der Waals surface area (Å²) >= 11 is 0. The quantitative estimate of drug-likeness (QED) is 0.383. The van der Waals surface area contributed by atoms with Gasteiger partial charge in [-0.3, -0.25) is 0 Å². The number of carboxylic acid groups (broad SMARTS) is 1. The maximum atomic E-state index is 10.5. The standard InChI is InChI=1S/C7HN5O2.Li/c8-1-4-5(2-9)12-7(3-10,11-4)6(13)14;/h(H,13,14);/q;+1/p-1. The summed E-state index contributed by atoms with van der Waals surface area (Å²) in [6, 6.07) is 4.19. The van der Waals surface area contributed by atoms with Gasteiger partial charge < -0.3 is 9.90 Å². The van der Waals surface area contributed by atoms with Crippen molar-refractivity contribution in [2.24, 2.45) is 9.98 Å². The Balaban J connectivity index is 0.00000196. The molecule has 0 unspecified atom stereocenters. The normalized spacial score (nSPS) is 15.8. The number of hydrogen-bond donors (Lipinski definition) is 0. The summed E-state index contributed by atoms with van der Waals surface area (Å²) in [7, 11) is 0. The van der Waals surface area contributed by atoms with Gasteiger partial charge in [-0.2, -0.15) is 15.8 Å². The smallest absolute Gasteiger partial charge is 0.544 e. The molecule has 0 N–H and O–H groups in total. The van der Waals surface area contributed by atoms with Crippen molar-refractivity contribution in [2.75, 3.05) is 0 Å². The Bertz CT molecular complexity index is 457. The SMILES string of the molecule is N#CC1=NC(C#N)(C(=O)[O-])N=C1C#N.[Li+]. The number of hydrogen-bond acceptors (Lipinski definition) is 7. The topological polar surface area (TPSA) is 136 Å². The molecule has 0 spiro atoms. The van der Waals surface area contributed by atoms with Crippen LogP contribution in [0.1, 0.15) is 0 Å². The molecule has 0 radical (unpaired) electrons. The van der Waals surface area contributed by atoms with Gasteiger partial charge in [0, 0.05) is 0 Å². The predicted molar refractivity (Wildman–Crippen MR) is 39.4 cm³/mol. The second-order valence-electron chi connectivity index (χ2n) is 2.22. The van der Waals surface area contributed by atoms with Gasteiger partial charge in [0.05, 0.1) is 0 Å². The average Bonchev–Trinajstić information content (AvgIpc) is 2.57. The first-order valence-electron chi connectivity index (χ1n) is 3.22. The van der Waals surface area contributed by atoms with E-state index in [1.165, 1.54) is 18.2 Å². The molecule has 0 aromatic carbocycles. The Morgan fingerprint density at radius 3 is 1.80 bits per heavy atom. The average molecular weight is 193 g/mol. The monoisotopic (exact) mass is 193 g/mol. The molecule has 0 saturated carbocycles.